The van der Waals surface area contributed by atoms with Crippen LogP contribution < -0.4 is 0 Å². The fourth-order valence-electron chi connectivity index (χ4n) is 2.13. The van der Waals surface area contributed by atoms with Crippen molar-refractivity contribution in [2.24, 2.45) is 0 Å². The van der Waals surface area contributed by atoms with Crippen LogP contribution in [0.3, 0.4) is 0 Å². The Morgan fingerprint density at radius 1 is 1.19 bits per heavy atom. The van der Waals surface area contributed by atoms with E-state index in [9.17, 15) is 0 Å². The molecule has 3 rings (SSSR count). The van der Waals surface area contributed by atoms with Crippen molar-refractivity contribution >= 4 is 61.9 Å². The Hall–Kier alpha value is -0.810. The van der Waals surface area contributed by atoms with Crippen LogP contribution in [0.25, 0.3) is 16.9 Å². The van der Waals surface area contributed by atoms with Gasteiger partial charge in [-0.3, -0.25) is 4.57 Å². The molecule has 0 bridgehead atoms. The highest BCUT2D eigenvalue weighted by atomic mass is 79.9. The molecule has 0 unspecified atom stereocenters. The number of pyridine rings is 1. The van der Waals surface area contributed by atoms with Crippen LogP contribution in [0, 0.1) is 0 Å². The molecule has 7 heteroatoms. The lowest BCUT2D eigenvalue weighted by molar-refractivity contribution is 0.905. The van der Waals surface area contributed by atoms with Gasteiger partial charge in [0, 0.05) is 23.0 Å². The van der Waals surface area contributed by atoms with E-state index in [-0.39, 0.29) is 0 Å². The highest BCUT2D eigenvalue weighted by molar-refractivity contribution is 9.10. The van der Waals surface area contributed by atoms with E-state index >= 15 is 0 Å². The van der Waals surface area contributed by atoms with Gasteiger partial charge >= 0.3 is 0 Å². The number of halogens is 4. The molecule has 0 atom stereocenters. The van der Waals surface area contributed by atoms with Crippen molar-refractivity contribution in [1.82, 2.24) is 14.5 Å². The zero-order valence-electron chi connectivity index (χ0n) is 10.7. The number of aryl methyl sites for hydroxylation is 1. The number of benzene rings is 1. The van der Waals surface area contributed by atoms with Crippen molar-refractivity contribution in [2.75, 3.05) is 5.88 Å². The number of hydrogen-bond donors (Lipinski definition) is 0. The first-order chi connectivity index (χ1) is 10.1. The second-order valence-corrected chi connectivity index (χ2v) is 6.47. The Balaban J connectivity index is 2.27. The minimum atomic E-state index is 0.478. The van der Waals surface area contributed by atoms with Crippen LogP contribution in [0.1, 0.15) is 5.82 Å². The maximum absolute atomic E-state index is 6.06. The number of nitrogens with zero attached hydrogens (tertiary/aromatic N) is 3. The van der Waals surface area contributed by atoms with Gasteiger partial charge in [0.15, 0.2) is 5.65 Å². The van der Waals surface area contributed by atoms with Crippen LogP contribution in [0.15, 0.2) is 34.9 Å². The summed E-state index contributed by atoms with van der Waals surface area (Å²) < 4.78 is 2.78. The van der Waals surface area contributed by atoms with Gasteiger partial charge in [-0.2, -0.15) is 0 Å². The molecule has 2 aromatic heterocycles. The summed E-state index contributed by atoms with van der Waals surface area (Å²) in [5, 5.41) is 1.21. The van der Waals surface area contributed by atoms with Crippen molar-refractivity contribution in [3.05, 3.63) is 50.8 Å². The molecule has 1 aromatic carbocycles. The normalized spacial score (nSPS) is 11.2. The van der Waals surface area contributed by atoms with Crippen LogP contribution in [-0.2, 0) is 6.42 Å². The summed E-state index contributed by atoms with van der Waals surface area (Å²) >= 11 is 21.4. The third-order valence-electron chi connectivity index (χ3n) is 3.01. The molecule has 2 heterocycles. The maximum Gasteiger partial charge on any atom is 0.164 e. The highest BCUT2D eigenvalue weighted by Crippen LogP contribution is 2.28. The molecule has 21 heavy (non-hydrogen) atoms. The van der Waals surface area contributed by atoms with Gasteiger partial charge in [0.2, 0.25) is 0 Å². The lowest BCUT2D eigenvalue weighted by Gasteiger charge is -2.09. The zero-order valence-corrected chi connectivity index (χ0v) is 14.5. The third kappa shape index (κ3) is 2.90. The van der Waals surface area contributed by atoms with Crippen molar-refractivity contribution in [3.63, 3.8) is 0 Å². The van der Waals surface area contributed by atoms with E-state index in [4.69, 9.17) is 34.8 Å². The molecule has 108 valence electrons. The average molecular weight is 406 g/mol. The lowest BCUT2D eigenvalue weighted by Crippen LogP contribution is -2.03. The van der Waals surface area contributed by atoms with E-state index in [1.165, 1.54) is 0 Å². The fraction of sp³-hybridized carbons (Fsp3) is 0.143. The molecule has 0 fully saturated rings. The van der Waals surface area contributed by atoms with E-state index in [2.05, 4.69) is 25.9 Å². The predicted octanol–water partition coefficient (Wildman–Crippen LogP) is 5.27. The first-order valence-corrected chi connectivity index (χ1v) is 8.23. The molecule has 0 radical (unpaired) electrons. The molecule has 3 aromatic rings. The molecule has 0 aliphatic carbocycles. The largest absolute Gasteiger partial charge is 0.281 e. The Kier molecular flexibility index (Phi) is 4.41. The maximum atomic E-state index is 6.06. The van der Waals surface area contributed by atoms with Gasteiger partial charge in [0.05, 0.1) is 15.7 Å². The van der Waals surface area contributed by atoms with Crippen molar-refractivity contribution in [1.29, 1.82) is 0 Å². The Labute approximate surface area is 145 Å². The Morgan fingerprint density at radius 2 is 2.00 bits per heavy atom. The molecule has 0 amide bonds. The lowest BCUT2D eigenvalue weighted by atomic mass is 10.3. The summed E-state index contributed by atoms with van der Waals surface area (Å²) in [5.41, 5.74) is 2.41. The molecule has 0 aliphatic heterocycles. The SMILES string of the molecule is ClCCc1nc2cc(Cl)cnc2n1-c1ccc(Cl)c(Br)c1. The molecule has 0 N–H and O–H groups in total. The number of rotatable bonds is 3. The minimum absolute atomic E-state index is 0.478. The number of alkyl halides is 1. The van der Waals surface area contributed by atoms with Gasteiger partial charge in [0.1, 0.15) is 11.3 Å². The Morgan fingerprint density at radius 3 is 2.71 bits per heavy atom. The molecule has 0 spiro atoms. The van der Waals surface area contributed by atoms with Gasteiger partial charge < -0.3 is 0 Å². The van der Waals surface area contributed by atoms with Crippen LogP contribution in [0.5, 0.6) is 0 Å². The average Bonchev–Trinajstić information content (AvgIpc) is 2.79. The summed E-state index contributed by atoms with van der Waals surface area (Å²) in [7, 11) is 0. The highest BCUT2D eigenvalue weighted by Gasteiger charge is 2.14. The number of fused-ring (bicyclic) bond motifs is 1. The smallest absolute Gasteiger partial charge is 0.164 e. The summed E-state index contributed by atoms with van der Waals surface area (Å²) in [6.07, 6.45) is 2.24. The third-order valence-corrected chi connectivity index (χ3v) is 4.62. The van der Waals surface area contributed by atoms with Crippen LogP contribution >= 0.6 is 50.7 Å². The number of hydrogen-bond acceptors (Lipinski definition) is 2. The van der Waals surface area contributed by atoms with E-state index < -0.39 is 0 Å². The molecule has 0 aliphatic rings. The van der Waals surface area contributed by atoms with Crippen molar-refractivity contribution < 1.29 is 0 Å². The number of aromatic nitrogens is 3. The topological polar surface area (TPSA) is 30.7 Å². The van der Waals surface area contributed by atoms with Gasteiger partial charge in [-0.25, -0.2) is 9.97 Å². The molecule has 0 saturated heterocycles. The summed E-state index contributed by atoms with van der Waals surface area (Å²) in [6.45, 7) is 0. The van der Waals surface area contributed by atoms with Crippen molar-refractivity contribution in [2.45, 2.75) is 6.42 Å². The van der Waals surface area contributed by atoms with Gasteiger partial charge in [0.25, 0.3) is 0 Å². The molecule has 0 saturated carbocycles. The summed E-state index contributed by atoms with van der Waals surface area (Å²) in [6, 6.07) is 7.47. The summed E-state index contributed by atoms with van der Waals surface area (Å²) in [5.74, 6) is 1.32. The molecular weight excluding hydrogens is 396 g/mol. The quantitative estimate of drug-likeness (QED) is 0.556. The van der Waals surface area contributed by atoms with E-state index in [0.29, 0.717) is 22.3 Å². The van der Waals surface area contributed by atoms with Crippen LogP contribution in [0.4, 0.5) is 0 Å². The van der Waals surface area contributed by atoms with E-state index in [1.54, 1.807) is 12.3 Å². The van der Waals surface area contributed by atoms with Gasteiger partial charge in [-0.05, 0) is 40.2 Å². The Bertz CT molecular complexity index is 817. The second-order valence-electron chi connectivity index (χ2n) is 4.40. The van der Waals surface area contributed by atoms with Crippen LogP contribution in [0.2, 0.25) is 10.0 Å². The monoisotopic (exact) mass is 403 g/mol. The van der Waals surface area contributed by atoms with Crippen LogP contribution in [-0.4, -0.2) is 20.4 Å². The standard InChI is InChI=1S/C14H9BrCl3N3/c15-10-6-9(1-2-11(10)18)21-13(3-4-16)20-12-5-8(17)7-19-14(12)21/h1-2,5-7H,3-4H2. The van der Waals surface area contributed by atoms with E-state index in [1.807, 2.05) is 22.8 Å². The predicted molar refractivity (Wildman–Crippen MR) is 91.0 cm³/mol. The molecule has 3 nitrogen and oxygen atoms in total. The first-order valence-electron chi connectivity index (χ1n) is 6.14. The minimum Gasteiger partial charge on any atom is -0.281 e. The fourth-order valence-corrected chi connectivity index (χ4v) is 2.94. The molecular formula is C14H9BrCl3N3. The van der Waals surface area contributed by atoms with Gasteiger partial charge in [-0.15, -0.1) is 11.6 Å². The summed E-state index contributed by atoms with van der Waals surface area (Å²) in [4.78, 5) is 8.96. The first kappa shape index (κ1) is 15.1. The number of imidazole rings is 1. The van der Waals surface area contributed by atoms with Crippen molar-refractivity contribution in [3.8, 4) is 5.69 Å². The van der Waals surface area contributed by atoms with E-state index in [0.717, 1.165) is 27.1 Å². The zero-order chi connectivity index (χ0) is 15.0. The second kappa shape index (κ2) is 6.13. The van der Waals surface area contributed by atoms with Gasteiger partial charge in [-0.1, -0.05) is 23.2 Å².